The molecule has 0 spiro atoms. The van der Waals surface area contributed by atoms with Crippen molar-refractivity contribution < 1.29 is 19.2 Å². The molecule has 7 nitrogen and oxygen atoms in total. The third-order valence-corrected chi connectivity index (χ3v) is 3.64. The van der Waals surface area contributed by atoms with Crippen LogP contribution in [0.25, 0.3) is 0 Å². The molecule has 0 aliphatic heterocycles. The smallest absolute Gasteiger partial charge is 0.337 e. The van der Waals surface area contributed by atoms with E-state index in [-0.39, 0.29) is 11.3 Å². The number of amides is 1. The number of nitro groups is 1. The standard InChI is InChI=1S/C15H11BrN2O5/c1-23-15(20)9-2-5-11(6-3-9)17-14(19)10-4-7-12(16)13(8-10)18(21)22/h2-8H,1H3,(H,17,19). The molecule has 0 saturated heterocycles. The number of hydrogen-bond donors (Lipinski definition) is 1. The Kier molecular flexibility index (Phi) is 5.07. The van der Waals surface area contributed by atoms with E-state index in [0.29, 0.717) is 15.7 Å². The first kappa shape index (κ1) is 16.6. The van der Waals surface area contributed by atoms with Gasteiger partial charge in [0.1, 0.15) is 0 Å². The molecule has 0 atom stereocenters. The maximum Gasteiger partial charge on any atom is 0.337 e. The number of anilines is 1. The summed E-state index contributed by atoms with van der Waals surface area (Å²) in [6.45, 7) is 0. The van der Waals surface area contributed by atoms with Gasteiger partial charge in [0.05, 0.1) is 22.1 Å². The molecule has 1 amide bonds. The molecule has 0 radical (unpaired) electrons. The summed E-state index contributed by atoms with van der Waals surface area (Å²) in [6, 6.07) is 10.2. The van der Waals surface area contributed by atoms with Crippen molar-refractivity contribution in [1.29, 1.82) is 0 Å². The molecule has 1 N–H and O–H groups in total. The van der Waals surface area contributed by atoms with Gasteiger partial charge in [0, 0.05) is 17.3 Å². The second kappa shape index (κ2) is 7.01. The van der Waals surface area contributed by atoms with Crippen LogP contribution in [-0.2, 0) is 4.74 Å². The fourth-order valence-corrected chi connectivity index (χ4v) is 2.20. The summed E-state index contributed by atoms with van der Waals surface area (Å²) in [4.78, 5) is 33.8. The topological polar surface area (TPSA) is 98.5 Å². The van der Waals surface area contributed by atoms with Crippen molar-refractivity contribution in [2.75, 3.05) is 12.4 Å². The summed E-state index contributed by atoms with van der Waals surface area (Å²) in [7, 11) is 1.28. The molecule has 118 valence electrons. The molecule has 0 saturated carbocycles. The molecular formula is C15H11BrN2O5. The number of benzene rings is 2. The van der Waals surface area contributed by atoms with Crippen molar-refractivity contribution in [2.24, 2.45) is 0 Å². The van der Waals surface area contributed by atoms with Crippen LogP contribution in [0.15, 0.2) is 46.9 Å². The zero-order chi connectivity index (χ0) is 17.0. The largest absolute Gasteiger partial charge is 0.465 e. The van der Waals surface area contributed by atoms with E-state index in [1.807, 2.05) is 0 Å². The molecule has 0 heterocycles. The van der Waals surface area contributed by atoms with Crippen molar-refractivity contribution >= 4 is 39.2 Å². The predicted octanol–water partition coefficient (Wildman–Crippen LogP) is 3.40. The maximum absolute atomic E-state index is 12.1. The highest BCUT2D eigenvalue weighted by atomic mass is 79.9. The number of nitrogens with zero attached hydrogens (tertiary/aromatic N) is 1. The number of halogens is 1. The third-order valence-electron chi connectivity index (χ3n) is 2.97. The van der Waals surface area contributed by atoms with E-state index in [9.17, 15) is 19.7 Å². The summed E-state index contributed by atoms with van der Waals surface area (Å²) in [6.07, 6.45) is 0. The van der Waals surface area contributed by atoms with Gasteiger partial charge in [-0.15, -0.1) is 0 Å². The van der Waals surface area contributed by atoms with Gasteiger partial charge < -0.3 is 10.1 Å². The summed E-state index contributed by atoms with van der Waals surface area (Å²) in [5, 5.41) is 13.5. The lowest BCUT2D eigenvalue weighted by Gasteiger charge is -2.06. The number of ether oxygens (including phenoxy) is 1. The Morgan fingerprint density at radius 3 is 2.30 bits per heavy atom. The lowest BCUT2D eigenvalue weighted by Crippen LogP contribution is -2.12. The lowest BCUT2D eigenvalue weighted by atomic mass is 10.1. The van der Waals surface area contributed by atoms with E-state index in [1.165, 1.54) is 49.6 Å². The normalized spacial score (nSPS) is 10.0. The Labute approximate surface area is 139 Å². The number of esters is 1. The van der Waals surface area contributed by atoms with Gasteiger partial charge in [-0.3, -0.25) is 14.9 Å². The van der Waals surface area contributed by atoms with Crippen molar-refractivity contribution in [1.82, 2.24) is 0 Å². The number of carbonyl (C=O) groups is 2. The average Bonchev–Trinajstić information content (AvgIpc) is 2.54. The second-order valence-electron chi connectivity index (χ2n) is 4.45. The van der Waals surface area contributed by atoms with Gasteiger partial charge in [-0.25, -0.2) is 4.79 Å². The predicted molar refractivity (Wildman–Crippen MR) is 86.5 cm³/mol. The van der Waals surface area contributed by atoms with Crippen LogP contribution < -0.4 is 5.32 Å². The lowest BCUT2D eigenvalue weighted by molar-refractivity contribution is -0.385. The second-order valence-corrected chi connectivity index (χ2v) is 5.30. The van der Waals surface area contributed by atoms with Crippen molar-refractivity contribution in [3.63, 3.8) is 0 Å². The van der Waals surface area contributed by atoms with Crippen LogP contribution in [0.1, 0.15) is 20.7 Å². The fraction of sp³-hybridized carbons (Fsp3) is 0.0667. The van der Waals surface area contributed by atoms with Crippen LogP contribution in [0.2, 0.25) is 0 Å². The van der Waals surface area contributed by atoms with Crippen molar-refractivity contribution in [3.05, 3.63) is 68.2 Å². The first-order valence-corrected chi connectivity index (χ1v) is 7.15. The zero-order valence-electron chi connectivity index (χ0n) is 11.9. The summed E-state index contributed by atoms with van der Waals surface area (Å²) in [5.74, 6) is -0.974. The molecule has 2 rings (SSSR count). The maximum atomic E-state index is 12.1. The van der Waals surface area contributed by atoms with Crippen LogP contribution in [0.4, 0.5) is 11.4 Å². The van der Waals surface area contributed by atoms with Crippen LogP contribution in [0, 0.1) is 10.1 Å². The SMILES string of the molecule is COC(=O)c1ccc(NC(=O)c2ccc(Br)c([N+](=O)[O-])c2)cc1. The van der Waals surface area contributed by atoms with Gasteiger partial charge in [-0.2, -0.15) is 0 Å². The van der Waals surface area contributed by atoms with Gasteiger partial charge in [0.15, 0.2) is 0 Å². The first-order valence-electron chi connectivity index (χ1n) is 6.36. The molecule has 0 unspecified atom stereocenters. The number of hydrogen-bond acceptors (Lipinski definition) is 5. The highest BCUT2D eigenvalue weighted by Crippen LogP contribution is 2.26. The molecule has 0 aliphatic rings. The van der Waals surface area contributed by atoms with Gasteiger partial charge in [-0.1, -0.05) is 0 Å². The molecule has 0 aliphatic carbocycles. The molecule has 0 bridgehead atoms. The minimum absolute atomic E-state index is 0.150. The van der Waals surface area contributed by atoms with Gasteiger partial charge >= 0.3 is 5.97 Å². The van der Waals surface area contributed by atoms with Crippen LogP contribution in [0.3, 0.4) is 0 Å². The minimum Gasteiger partial charge on any atom is -0.465 e. The minimum atomic E-state index is -0.577. The molecule has 0 aromatic heterocycles. The van der Waals surface area contributed by atoms with E-state index in [2.05, 4.69) is 26.0 Å². The number of nitro benzene ring substituents is 1. The zero-order valence-corrected chi connectivity index (χ0v) is 13.5. The van der Waals surface area contributed by atoms with Crippen LogP contribution in [-0.4, -0.2) is 23.9 Å². The van der Waals surface area contributed by atoms with Crippen molar-refractivity contribution in [2.45, 2.75) is 0 Å². The Balaban J connectivity index is 2.17. The third kappa shape index (κ3) is 3.92. The molecule has 8 heteroatoms. The quantitative estimate of drug-likeness (QED) is 0.499. The molecule has 2 aromatic rings. The molecular weight excluding hydrogens is 368 g/mol. The first-order chi connectivity index (χ1) is 10.9. The van der Waals surface area contributed by atoms with Gasteiger partial charge in [-0.05, 0) is 52.3 Å². The number of methoxy groups -OCH3 is 1. The summed E-state index contributed by atoms with van der Waals surface area (Å²) in [5.41, 5.74) is 0.758. The molecule has 2 aromatic carbocycles. The number of nitrogens with one attached hydrogen (secondary N) is 1. The Hall–Kier alpha value is -2.74. The monoisotopic (exact) mass is 378 g/mol. The van der Waals surface area contributed by atoms with Crippen molar-refractivity contribution in [3.8, 4) is 0 Å². The van der Waals surface area contributed by atoms with E-state index >= 15 is 0 Å². The van der Waals surface area contributed by atoms with E-state index in [0.717, 1.165) is 0 Å². The highest BCUT2D eigenvalue weighted by molar-refractivity contribution is 9.10. The Morgan fingerprint density at radius 2 is 1.74 bits per heavy atom. The fourth-order valence-electron chi connectivity index (χ4n) is 1.80. The van der Waals surface area contributed by atoms with E-state index in [1.54, 1.807) is 0 Å². The Morgan fingerprint density at radius 1 is 1.13 bits per heavy atom. The number of rotatable bonds is 4. The highest BCUT2D eigenvalue weighted by Gasteiger charge is 2.16. The van der Waals surface area contributed by atoms with Crippen LogP contribution in [0.5, 0.6) is 0 Å². The van der Waals surface area contributed by atoms with E-state index in [4.69, 9.17) is 0 Å². The molecule has 0 fully saturated rings. The molecule has 23 heavy (non-hydrogen) atoms. The Bertz CT molecular complexity index is 774. The van der Waals surface area contributed by atoms with E-state index < -0.39 is 16.8 Å². The van der Waals surface area contributed by atoms with Gasteiger partial charge in [0.2, 0.25) is 0 Å². The van der Waals surface area contributed by atoms with Crippen LogP contribution >= 0.6 is 15.9 Å². The summed E-state index contributed by atoms with van der Waals surface area (Å²) >= 11 is 3.06. The number of carbonyl (C=O) groups excluding carboxylic acids is 2. The summed E-state index contributed by atoms with van der Waals surface area (Å²) < 4.78 is 4.87. The van der Waals surface area contributed by atoms with Gasteiger partial charge in [0.25, 0.3) is 11.6 Å². The average molecular weight is 379 g/mol.